The number of anilines is 1. The van der Waals surface area contributed by atoms with E-state index in [-0.39, 0.29) is 11.2 Å². The predicted molar refractivity (Wildman–Crippen MR) is 135 cm³/mol. The number of fused-ring (bicyclic) bond motifs is 1. The number of pyridine rings is 1. The minimum absolute atomic E-state index is 0.0600. The summed E-state index contributed by atoms with van der Waals surface area (Å²) in [5.74, 6) is 1.05. The molecule has 3 heterocycles. The maximum atomic E-state index is 13.0. The highest BCUT2D eigenvalue weighted by atomic mass is 32.2. The highest BCUT2D eigenvalue weighted by molar-refractivity contribution is 8.00. The Labute approximate surface area is 197 Å². The van der Waals surface area contributed by atoms with Crippen molar-refractivity contribution in [3.8, 4) is 11.3 Å². The lowest BCUT2D eigenvalue weighted by molar-refractivity contribution is -0.116. The molecule has 0 spiro atoms. The molecule has 2 N–H and O–H groups in total. The fraction of sp³-hybridized carbons (Fsp3) is 0.269. The van der Waals surface area contributed by atoms with Crippen LogP contribution >= 0.6 is 11.8 Å². The molecule has 0 bridgehead atoms. The summed E-state index contributed by atoms with van der Waals surface area (Å²) >= 11 is 1.75. The zero-order valence-corrected chi connectivity index (χ0v) is 19.2. The summed E-state index contributed by atoms with van der Waals surface area (Å²) in [6.07, 6.45) is 5.70. The molecule has 33 heavy (non-hydrogen) atoms. The Hall–Kier alpha value is -3.16. The van der Waals surface area contributed by atoms with Gasteiger partial charge in [-0.3, -0.25) is 14.9 Å². The summed E-state index contributed by atoms with van der Waals surface area (Å²) in [4.78, 5) is 19.6. The molecule has 2 aromatic carbocycles. The number of aromatic nitrogens is 3. The van der Waals surface area contributed by atoms with E-state index in [2.05, 4.69) is 55.7 Å². The van der Waals surface area contributed by atoms with Gasteiger partial charge in [-0.2, -0.15) is 5.10 Å². The molecule has 1 unspecified atom stereocenters. The van der Waals surface area contributed by atoms with Crippen LogP contribution in [0.4, 0.5) is 5.69 Å². The van der Waals surface area contributed by atoms with Gasteiger partial charge in [0.25, 0.3) is 0 Å². The number of hydrogen-bond donors (Lipinski definition) is 2. The molecule has 5 rings (SSSR count). The van der Waals surface area contributed by atoms with Gasteiger partial charge in [0.1, 0.15) is 5.69 Å². The number of nitrogens with zero attached hydrogens (tertiary/aromatic N) is 3. The van der Waals surface area contributed by atoms with Gasteiger partial charge in [-0.1, -0.05) is 30.3 Å². The predicted octanol–water partition coefficient (Wildman–Crippen LogP) is 4.61. The lowest BCUT2D eigenvalue weighted by atomic mass is 10.1. The molecule has 0 aliphatic carbocycles. The van der Waals surface area contributed by atoms with E-state index in [4.69, 9.17) is 0 Å². The van der Waals surface area contributed by atoms with E-state index < -0.39 is 0 Å². The molecular formula is C26H27N5OS. The van der Waals surface area contributed by atoms with Crippen molar-refractivity contribution in [2.24, 2.45) is 0 Å². The van der Waals surface area contributed by atoms with Crippen LogP contribution in [0.3, 0.4) is 0 Å². The number of nitrogens with one attached hydrogen (secondary N) is 2. The molecule has 1 atom stereocenters. The van der Waals surface area contributed by atoms with Gasteiger partial charge in [0, 0.05) is 47.9 Å². The quantitative estimate of drug-likeness (QED) is 0.424. The van der Waals surface area contributed by atoms with Crippen LogP contribution in [-0.2, 0) is 11.2 Å². The number of hydrogen-bond acceptors (Lipinski definition) is 5. The summed E-state index contributed by atoms with van der Waals surface area (Å²) in [5, 5.41) is 11.6. The molecule has 6 nitrogen and oxygen atoms in total. The highest BCUT2D eigenvalue weighted by Gasteiger charge is 2.26. The van der Waals surface area contributed by atoms with Gasteiger partial charge in [0.2, 0.25) is 5.91 Å². The minimum Gasteiger partial charge on any atom is -0.325 e. The van der Waals surface area contributed by atoms with Crippen LogP contribution in [0.1, 0.15) is 12.0 Å². The Kier molecular flexibility index (Phi) is 6.69. The first-order valence-corrected chi connectivity index (χ1v) is 12.4. The number of amides is 1. The minimum atomic E-state index is -0.0600. The Balaban J connectivity index is 1.21. The Morgan fingerprint density at radius 1 is 1.12 bits per heavy atom. The number of aromatic amines is 1. The monoisotopic (exact) mass is 457 g/mol. The lowest BCUT2D eigenvalue weighted by Gasteiger charge is -2.31. The second-order valence-corrected chi connectivity index (χ2v) is 9.62. The fourth-order valence-electron chi connectivity index (χ4n) is 4.26. The number of rotatable bonds is 7. The first-order chi connectivity index (χ1) is 16.3. The van der Waals surface area contributed by atoms with E-state index in [1.54, 1.807) is 24.2 Å². The van der Waals surface area contributed by atoms with Crippen molar-refractivity contribution >= 4 is 34.3 Å². The maximum Gasteiger partial charge on any atom is 0.238 e. The Morgan fingerprint density at radius 3 is 2.82 bits per heavy atom. The second-order valence-electron chi connectivity index (χ2n) is 8.31. The van der Waals surface area contributed by atoms with Crippen LogP contribution in [-0.4, -0.2) is 56.6 Å². The van der Waals surface area contributed by atoms with Crippen LogP contribution in [0, 0.1) is 0 Å². The van der Waals surface area contributed by atoms with Gasteiger partial charge < -0.3 is 10.2 Å². The van der Waals surface area contributed by atoms with Crippen LogP contribution in [0.2, 0.25) is 0 Å². The average molecular weight is 458 g/mol. The van der Waals surface area contributed by atoms with Crippen molar-refractivity contribution < 1.29 is 4.79 Å². The van der Waals surface area contributed by atoms with Crippen molar-refractivity contribution in [3.63, 3.8) is 0 Å². The first-order valence-electron chi connectivity index (χ1n) is 11.3. The summed E-state index contributed by atoms with van der Waals surface area (Å²) in [7, 11) is 0. The summed E-state index contributed by atoms with van der Waals surface area (Å²) in [6.45, 7) is 2.86. The SMILES string of the molecule is O=C(Nc1ccc2[nH]nc(-c3ccncc3)c2c1)C1CN(CCCc2ccccc2)CCS1. The third kappa shape index (κ3) is 5.26. The zero-order chi connectivity index (χ0) is 22.5. The van der Waals surface area contributed by atoms with Gasteiger partial charge >= 0.3 is 0 Å². The lowest BCUT2D eigenvalue weighted by Crippen LogP contribution is -2.43. The maximum absolute atomic E-state index is 13.0. The van der Waals surface area contributed by atoms with Gasteiger partial charge in [-0.05, 0) is 55.3 Å². The molecule has 2 aromatic heterocycles. The van der Waals surface area contributed by atoms with Gasteiger partial charge in [-0.15, -0.1) is 11.8 Å². The molecule has 1 fully saturated rings. The van der Waals surface area contributed by atoms with E-state index in [1.165, 1.54) is 5.56 Å². The third-order valence-corrected chi connectivity index (χ3v) is 7.19. The van der Waals surface area contributed by atoms with Crippen LogP contribution < -0.4 is 5.32 Å². The van der Waals surface area contributed by atoms with E-state index in [0.29, 0.717) is 0 Å². The summed E-state index contributed by atoms with van der Waals surface area (Å²) in [5.41, 5.74) is 4.97. The van der Waals surface area contributed by atoms with Crippen LogP contribution in [0.25, 0.3) is 22.2 Å². The zero-order valence-electron chi connectivity index (χ0n) is 18.4. The Bertz CT molecular complexity index is 1210. The fourth-order valence-corrected chi connectivity index (χ4v) is 5.43. The number of carbonyl (C=O) groups excluding carboxylic acids is 1. The number of H-pyrrole nitrogens is 1. The summed E-state index contributed by atoms with van der Waals surface area (Å²) < 4.78 is 0. The van der Waals surface area contributed by atoms with E-state index in [1.807, 2.05) is 30.3 Å². The van der Waals surface area contributed by atoms with E-state index in [0.717, 1.165) is 66.1 Å². The molecule has 0 saturated carbocycles. The molecule has 1 aliphatic rings. The number of carbonyl (C=O) groups is 1. The van der Waals surface area contributed by atoms with Crippen molar-refractivity contribution in [2.45, 2.75) is 18.1 Å². The van der Waals surface area contributed by atoms with Gasteiger partial charge in [0.05, 0.1) is 10.8 Å². The van der Waals surface area contributed by atoms with Crippen molar-refractivity contribution in [3.05, 3.63) is 78.6 Å². The molecule has 1 saturated heterocycles. The number of benzene rings is 2. The topological polar surface area (TPSA) is 73.9 Å². The molecule has 168 valence electrons. The van der Waals surface area contributed by atoms with E-state index >= 15 is 0 Å². The average Bonchev–Trinajstić information content (AvgIpc) is 3.29. The largest absolute Gasteiger partial charge is 0.325 e. The second kappa shape index (κ2) is 10.2. The molecule has 0 radical (unpaired) electrons. The van der Waals surface area contributed by atoms with Crippen molar-refractivity contribution in [2.75, 3.05) is 30.7 Å². The molecule has 7 heteroatoms. The summed E-state index contributed by atoms with van der Waals surface area (Å²) in [6, 6.07) is 20.4. The van der Waals surface area contributed by atoms with Crippen molar-refractivity contribution in [1.82, 2.24) is 20.1 Å². The molecule has 4 aromatic rings. The Morgan fingerprint density at radius 2 is 1.97 bits per heavy atom. The third-order valence-electron chi connectivity index (χ3n) is 6.01. The molecular weight excluding hydrogens is 430 g/mol. The van der Waals surface area contributed by atoms with Crippen molar-refractivity contribution in [1.29, 1.82) is 0 Å². The van der Waals surface area contributed by atoms with Gasteiger partial charge in [-0.25, -0.2) is 0 Å². The van der Waals surface area contributed by atoms with Gasteiger partial charge in [0.15, 0.2) is 0 Å². The smallest absolute Gasteiger partial charge is 0.238 e. The van der Waals surface area contributed by atoms with Crippen LogP contribution in [0.15, 0.2) is 73.1 Å². The first kappa shape index (κ1) is 21.7. The molecule has 1 aliphatic heterocycles. The molecule has 1 amide bonds. The highest BCUT2D eigenvalue weighted by Crippen LogP contribution is 2.29. The normalized spacial score (nSPS) is 16.7. The standard InChI is InChI=1S/C26H27N5OS/c32-26(24-18-31(15-16-33-24)14-4-7-19-5-2-1-3-6-19)28-21-8-9-23-22(17-21)25(30-29-23)20-10-12-27-13-11-20/h1-3,5-6,8-13,17,24H,4,7,14-16,18H2,(H,28,32)(H,29,30). The number of aryl methyl sites for hydroxylation is 1. The van der Waals surface area contributed by atoms with E-state index in [9.17, 15) is 4.79 Å². The van der Waals surface area contributed by atoms with Crippen LogP contribution in [0.5, 0.6) is 0 Å². The number of thioether (sulfide) groups is 1.